The van der Waals surface area contributed by atoms with Crippen LogP contribution >= 0.6 is 0 Å². The van der Waals surface area contributed by atoms with E-state index in [1.54, 1.807) is 25.4 Å². The first-order valence-electron chi connectivity index (χ1n) is 11.0. The number of halogens is 1. The van der Waals surface area contributed by atoms with Crippen molar-refractivity contribution in [2.24, 2.45) is 7.05 Å². The Bertz CT molecular complexity index is 1460. The summed E-state index contributed by atoms with van der Waals surface area (Å²) in [5, 5.41) is 20.9. The molecule has 1 amide bonds. The second-order valence-corrected chi connectivity index (χ2v) is 8.75. The van der Waals surface area contributed by atoms with Gasteiger partial charge in [0.05, 0.1) is 16.6 Å². The number of amides is 1. The number of nitrogens with zero attached hydrogens (tertiary/aromatic N) is 6. The normalized spacial score (nSPS) is 18.3. The molecule has 0 aliphatic carbocycles. The lowest BCUT2D eigenvalue weighted by Crippen LogP contribution is -2.54. The molecule has 1 aliphatic heterocycles. The van der Waals surface area contributed by atoms with E-state index >= 15 is 0 Å². The second-order valence-electron chi connectivity index (χ2n) is 8.75. The van der Waals surface area contributed by atoms with E-state index in [9.17, 15) is 14.4 Å². The molecule has 172 valence electrons. The average molecular weight is 459 g/mol. The van der Waals surface area contributed by atoms with Gasteiger partial charge in [-0.2, -0.15) is 10.4 Å². The topological polar surface area (TPSA) is 112 Å². The van der Waals surface area contributed by atoms with Crippen molar-refractivity contribution in [3.05, 3.63) is 53.7 Å². The number of nitriles is 1. The molecule has 0 unspecified atom stereocenters. The van der Waals surface area contributed by atoms with Crippen molar-refractivity contribution in [1.29, 1.82) is 5.26 Å². The lowest BCUT2D eigenvalue weighted by Gasteiger charge is -2.37. The highest BCUT2D eigenvalue weighted by Gasteiger charge is 2.25. The summed E-state index contributed by atoms with van der Waals surface area (Å²) < 4.78 is 16.0. The Morgan fingerprint density at radius 3 is 2.68 bits per heavy atom. The Morgan fingerprint density at radius 2 is 1.94 bits per heavy atom. The van der Waals surface area contributed by atoms with Crippen LogP contribution in [0.4, 0.5) is 15.9 Å². The van der Waals surface area contributed by atoms with Crippen LogP contribution in [0.25, 0.3) is 21.8 Å². The van der Waals surface area contributed by atoms with Crippen LogP contribution in [-0.4, -0.2) is 50.8 Å². The van der Waals surface area contributed by atoms with Crippen LogP contribution in [0.3, 0.4) is 0 Å². The number of hydrogen-bond donors (Lipinski definition) is 2. The zero-order valence-electron chi connectivity index (χ0n) is 19.0. The smallest absolute Gasteiger partial charge is 0.259 e. The average Bonchev–Trinajstić information content (AvgIpc) is 3.18. The predicted octanol–water partition coefficient (Wildman–Crippen LogP) is 2.97. The standard InChI is InChI=1S/C24H23FN8O/c1-13-10-33(11-14(2)29-13)23-18-4-15(7-26)8-27-22(18)19(9-28-23)24(34)30-17-5-16-12-32(3)31-21(16)20(25)6-17/h4-6,8-9,12-14,29H,10-11H2,1-3H3,(H,30,34)/t13-,14+. The summed E-state index contributed by atoms with van der Waals surface area (Å²) in [6.07, 6.45) is 4.61. The number of pyridine rings is 2. The van der Waals surface area contributed by atoms with Crippen molar-refractivity contribution in [2.75, 3.05) is 23.3 Å². The molecule has 1 aliphatic rings. The Morgan fingerprint density at radius 1 is 1.18 bits per heavy atom. The molecule has 3 aromatic heterocycles. The Kier molecular flexibility index (Phi) is 5.34. The molecule has 4 heterocycles. The summed E-state index contributed by atoms with van der Waals surface area (Å²) in [6.45, 7) is 5.67. The van der Waals surface area contributed by atoms with E-state index in [1.807, 2.05) is 0 Å². The zero-order valence-corrected chi connectivity index (χ0v) is 19.0. The fourth-order valence-electron chi connectivity index (χ4n) is 4.57. The minimum atomic E-state index is -0.523. The molecular formula is C24H23FN8O. The molecule has 0 bridgehead atoms. The minimum absolute atomic E-state index is 0.238. The number of aromatic nitrogens is 4. The first kappa shape index (κ1) is 21.7. The van der Waals surface area contributed by atoms with Crippen LogP contribution in [-0.2, 0) is 7.05 Å². The van der Waals surface area contributed by atoms with Crippen molar-refractivity contribution in [1.82, 2.24) is 25.1 Å². The third-order valence-corrected chi connectivity index (χ3v) is 5.86. The second kappa shape index (κ2) is 8.35. The molecule has 5 rings (SSSR count). The van der Waals surface area contributed by atoms with Gasteiger partial charge in [0.15, 0.2) is 5.82 Å². The van der Waals surface area contributed by atoms with Gasteiger partial charge in [-0.15, -0.1) is 0 Å². The lowest BCUT2D eigenvalue weighted by atomic mass is 10.1. The van der Waals surface area contributed by atoms with Crippen LogP contribution in [0.2, 0.25) is 0 Å². The Labute approximate surface area is 195 Å². The van der Waals surface area contributed by atoms with Gasteiger partial charge in [-0.1, -0.05) is 0 Å². The van der Waals surface area contributed by atoms with Crippen LogP contribution in [0, 0.1) is 17.1 Å². The maximum absolute atomic E-state index is 14.5. The van der Waals surface area contributed by atoms with Gasteiger partial charge in [0.25, 0.3) is 5.91 Å². The summed E-state index contributed by atoms with van der Waals surface area (Å²) in [5.74, 6) is -0.310. The third kappa shape index (κ3) is 3.91. The molecular weight excluding hydrogens is 435 g/mol. The molecule has 10 heteroatoms. The SMILES string of the molecule is C[C@@H]1CN(c2ncc(C(=O)Nc3cc(F)c4nn(C)cc4c3)c3ncc(C#N)cc23)C[C@H](C)N1. The van der Waals surface area contributed by atoms with Gasteiger partial charge < -0.3 is 15.5 Å². The quantitative estimate of drug-likeness (QED) is 0.485. The highest BCUT2D eigenvalue weighted by molar-refractivity contribution is 6.13. The van der Waals surface area contributed by atoms with Crippen LogP contribution in [0.15, 0.2) is 36.8 Å². The van der Waals surface area contributed by atoms with Crippen molar-refractivity contribution < 1.29 is 9.18 Å². The molecule has 0 saturated carbocycles. The number of fused-ring (bicyclic) bond motifs is 2. The molecule has 0 spiro atoms. The Balaban J connectivity index is 1.55. The van der Waals surface area contributed by atoms with E-state index in [4.69, 9.17) is 0 Å². The Hall–Kier alpha value is -4.10. The first-order chi connectivity index (χ1) is 16.3. The molecule has 1 aromatic carbocycles. The lowest BCUT2D eigenvalue weighted by molar-refractivity contribution is 0.102. The van der Waals surface area contributed by atoms with Gasteiger partial charge >= 0.3 is 0 Å². The number of aryl methyl sites for hydroxylation is 1. The highest BCUT2D eigenvalue weighted by atomic mass is 19.1. The number of rotatable bonds is 3. The number of carbonyl (C=O) groups is 1. The maximum Gasteiger partial charge on any atom is 0.259 e. The maximum atomic E-state index is 14.5. The summed E-state index contributed by atoms with van der Waals surface area (Å²) in [5.41, 5.74) is 1.60. The van der Waals surface area contributed by atoms with Gasteiger partial charge in [0.1, 0.15) is 17.4 Å². The summed E-state index contributed by atoms with van der Waals surface area (Å²) in [7, 11) is 1.71. The number of carbonyl (C=O) groups excluding carboxylic acids is 1. The third-order valence-electron chi connectivity index (χ3n) is 5.86. The van der Waals surface area contributed by atoms with E-state index in [-0.39, 0.29) is 23.2 Å². The van der Waals surface area contributed by atoms with Crippen LogP contribution in [0.5, 0.6) is 0 Å². The van der Waals surface area contributed by atoms with Crippen LogP contribution < -0.4 is 15.5 Å². The summed E-state index contributed by atoms with van der Waals surface area (Å²) in [4.78, 5) is 24.4. The monoisotopic (exact) mass is 458 g/mol. The van der Waals surface area contributed by atoms with Gasteiger partial charge in [-0.25, -0.2) is 9.37 Å². The molecule has 1 fully saturated rings. The van der Waals surface area contributed by atoms with Gasteiger partial charge in [-0.3, -0.25) is 14.5 Å². The minimum Gasteiger partial charge on any atom is -0.353 e. The first-order valence-corrected chi connectivity index (χ1v) is 11.0. The van der Waals surface area contributed by atoms with Crippen molar-refractivity contribution in [3.8, 4) is 6.07 Å². The molecule has 2 atom stereocenters. The van der Waals surface area contributed by atoms with Crippen LogP contribution in [0.1, 0.15) is 29.8 Å². The van der Waals surface area contributed by atoms with Gasteiger partial charge in [0, 0.05) is 67.3 Å². The van der Waals surface area contributed by atoms with E-state index in [1.165, 1.54) is 23.1 Å². The van der Waals surface area contributed by atoms with Crippen molar-refractivity contribution in [3.63, 3.8) is 0 Å². The van der Waals surface area contributed by atoms with E-state index in [0.29, 0.717) is 33.4 Å². The number of hydrogen-bond acceptors (Lipinski definition) is 7. The molecule has 4 aromatic rings. The number of nitrogens with one attached hydrogen (secondary N) is 2. The predicted molar refractivity (Wildman–Crippen MR) is 127 cm³/mol. The fraction of sp³-hybridized carbons (Fsp3) is 0.292. The number of piperazine rings is 1. The number of benzene rings is 1. The van der Waals surface area contributed by atoms with Gasteiger partial charge in [0.2, 0.25) is 0 Å². The van der Waals surface area contributed by atoms with E-state index < -0.39 is 11.7 Å². The fourth-order valence-corrected chi connectivity index (χ4v) is 4.57. The molecule has 34 heavy (non-hydrogen) atoms. The van der Waals surface area contributed by atoms with Crippen molar-refractivity contribution in [2.45, 2.75) is 25.9 Å². The number of anilines is 2. The van der Waals surface area contributed by atoms with E-state index in [0.717, 1.165) is 13.1 Å². The van der Waals surface area contributed by atoms with E-state index in [2.05, 4.69) is 50.5 Å². The zero-order chi connectivity index (χ0) is 24.0. The molecule has 2 N–H and O–H groups in total. The summed E-state index contributed by atoms with van der Waals surface area (Å²) >= 11 is 0. The molecule has 9 nitrogen and oxygen atoms in total. The van der Waals surface area contributed by atoms with Crippen molar-refractivity contribution >= 4 is 39.2 Å². The molecule has 0 radical (unpaired) electrons. The molecule has 1 saturated heterocycles. The highest BCUT2D eigenvalue weighted by Crippen LogP contribution is 2.29. The van der Waals surface area contributed by atoms with Gasteiger partial charge in [-0.05, 0) is 32.0 Å². The summed E-state index contributed by atoms with van der Waals surface area (Å²) in [6, 6.07) is 7.24. The largest absolute Gasteiger partial charge is 0.353 e.